The third kappa shape index (κ3) is 3.41. The summed E-state index contributed by atoms with van der Waals surface area (Å²) >= 11 is 0. The van der Waals surface area contributed by atoms with Gasteiger partial charge in [-0.3, -0.25) is 4.79 Å². The molecule has 7 nitrogen and oxygen atoms in total. The van der Waals surface area contributed by atoms with Crippen molar-refractivity contribution in [3.8, 4) is 11.5 Å². The number of rotatable bonds is 3. The molecule has 0 saturated heterocycles. The quantitative estimate of drug-likeness (QED) is 0.683. The van der Waals surface area contributed by atoms with Crippen LogP contribution in [0.4, 0.5) is 0 Å². The van der Waals surface area contributed by atoms with E-state index in [0.29, 0.717) is 16.9 Å². The smallest absolute Gasteiger partial charge is 0.342 e. The SMILES string of the molecule is C/C=C/C1=CC2=CC(=O)[C@](C)(O)[C@H](OC(=O)c3c(C)cc(O)cc3O)[C@@H]2CO1. The molecule has 1 heterocycles. The molecule has 3 rings (SSSR count). The summed E-state index contributed by atoms with van der Waals surface area (Å²) in [5.74, 6) is -2.12. The minimum Gasteiger partial charge on any atom is -0.508 e. The molecule has 148 valence electrons. The topological polar surface area (TPSA) is 113 Å². The molecule has 2 aliphatic rings. The number of carbonyl (C=O) groups is 2. The van der Waals surface area contributed by atoms with Crippen molar-refractivity contribution < 1.29 is 34.4 Å². The number of allylic oxidation sites excluding steroid dienone is 3. The molecule has 0 amide bonds. The molecule has 0 radical (unpaired) electrons. The molecule has 3 N–H and O–H groups in total. The summed E-state index contributed by atoms with van der Waals surface area (Å²) in [7, 11) is 0. The van der Waals surface area contributed by atoms with E-state index in [2.05, 4.69) is 0 Å². The second-order valence-corrected chi connectivity index (χ2v) is 7.10. The van der Waals surface area contributed by atoms with Gasteiger partial charge in [0, 0.05) is 6.07 Å². The summed E-state index contributed by atoms with van der Waals surface area (Å²) in [6, 6.07) is 2.33. The molecule has 7 heteroatoms. The average Bonchev–Trinajstić information content (AvgIpc) is 2.58. The summed E-state index contributed by atoms with van der Waals surface area (Å²) in [5, 5.41) is 30.3. The number of phenols is 2. The van der Waals surface area contributed by atoms with Gasteiger partial charge in [-0.2, -0.15) is 0 Å². The van der Waals surface area contributed by atoms with Gasteiger partial charge in [0.1, 0.15) is 28.9 Å². The van der Waals surface area contributed by atoms with Gasteiger partial charge in [-0.15, -0.1) is 0 Å². The predicted molar refractivity (Wildman–Crippen MR) is 99.8 cm³/mol. The van der Waals surface area contributed by atoms with E-state index in [4.69, 9.17) is 9.47 Å². The highest BCUT2D eigenvalue weighted by atomic mass is 16.6. The number of carbonyl (C=O) groups excluding carboxylic acids is 2. The molecular formula is C21H22O7. The Balaban J connectivity index is 1.96. The van der Waals surface area contributed by atoms with Gasteiger partial charge in [0.25, 0.3) is 0 Å². The lowest BCUT2D eigenvalue weighted by Gasteiger charge is -2.41. The van der Waals surface area contributed by atoms with E-state index in [1.807, 2.05) is 6.92 Å². The molecule has 1 aromatic rings. The van der Waals surface area contributed by atoms with Gasteiger partial charge in [0.2, 0.25) is 0 Å². The molecule has 0 saturated carbocycles. The Kier molecular flexibility index (Phi) is 5.04. The highest BCUT2D eigenvalue weighted by molar-refractivity contribution is 6.00. The van der Waals surface area contributed by atoms with E-state index in [1.165, 1.54) is 26.0 Å². The number of fused-ring (bicyclic) bond motifs is 1. The van der Waals surface area contributed by atoms with Crippen molar-refractivity contribution in [2.45, 2.75) is 32.5 Å². The summed E-state index contributed by atoms with van der Waals surface area (Å²) in [6.45, 7) is 4.76. The van der Waals surface area contributed by atoms with Crippen LogP contribution in [0.25, 0.3) is 0 Å². The van der Waals surface area contributed by atoms with Gasteiger partial charge in [-0.05, 0) is 56.2 Å². The lowest BCUT2D eigenvalue weighted by molar-refractivity contribution is -0.151. The van der Waals surface area contributed by atoms with Crippen molar-refractivity contribution in [2.24, 2.45) is 5.92 Å². The van der Waals surface area contributed by atoms with Crippen LogP contribution in [0.2, 0.25) is 0 Å². The van der Waals surface area contributed by atoms with Crippen LogP contribution in [0.5, 0.6) is 11.5 Å². The summed E-state index contributed by atoms with van der Waals surface area (Å²) in [5.41, 5.74) is -1.19. The van der Waals surface area contributed by atoms with Crippen molar-refractivity contribution >= 4 is 11.8 Å². The second kappa shape index (κ2) is 7.16. The van der Waals surface area contributed by atoms with E-state index >= 15 is 0 Å². The van der Waals surface area contributed by atoms with E-state index in [0.717, 1.165) is 6.07 Å². The number of aliphatic hydroxyl groups is 1. The molecule has 28 heavy (non-hydrogen) atoms. The van der Waals surface area contributed by atoms with Gasteiger partial charge < -0.3 is 24.8 Å². The first kappa shape index (κ1) is 19.7. The fraction of sp³-hybridized carbons (Fsp3) is 0.333. The minimum atomic E-state index is -1.94. The van der Waals surface area contributed by atoms with E-state index in [9.17, 15) is 24.9 Å². The van der Waals surface area contributed by atoms with E-state index in [1.54, 1.807) is 18.2 Å². The minimum absolute atomic E-state index is 0.115. The molecule has 0 bridgehead atoms. The molecule has 1 aromatic carbocycles. The summed E-state index contributed by atoms with van der Waals surface area (Å²) in [6.07, 6.45) is 5.34. The van der Waals surface area contributed by atoms with E-state index in [-0.39, 0.29) is 17.9 Å². The Hall–Kier alpha value is -3.06. The first-order chi connectivity index (χ1) is 13.1. The van der Waals surface area contributed by atoms with Crippen LogP contribution in [-0.2, 0) is 14.3 Å². The maximum atomic E-state index is 12.7. The molecular weight excluding hydrogens is 364 g/mol. The fourth-order valence-corrected chi connectivity index (χ4v) is 3.48. The van der Waals surface area contributed by atoms with Crippen LogP contribution in [0.1, 0.15) is 29.8 Å². The normalized spacial score (nSPS) is 26.9. The summed E-state index contributed by atoms with van der Waals surface area (Å²) in [4.78, 5) is 25.2. The Morgan fingerprint density at radius 3 is 2.68 bits per heavy atom. The Bertz CT molecular complexity index is 898. The largest absolute Gasteiger partial charge is 0.508 e. The van der Waals surface area contributed by atoms with Crippen molar-refractivity contribution in [1.82, 2.24) is 0 Å². The van der Waals surface area contributed by atoms with Gasteiger partial charge >= 0.3 is 5.97 Å². The first-order valence-corrected chi connectivity index (χ1v) is 8.84. The molecule has 0 fully saturated rings. The lowest BCUT2D eigenvalue weighted by atomic mass is 9.75. The van der Waals surface area contributed by atoms with Crippen LogP contribution in [0, 0.1) is 12.8 Å². The maximum absolute atomic E-state index is 12.7. The monoisotopic (exact) mass is 386 g/mol. The van der Waals surface area contributed by atoms with Crippen molar-refractivity contribution in [1.29, 1.82) is 0 Å². The Morgan fingerprint density at radius 1 is 1.32 bits per heavy atom. The molecule has 1 aliphatic heterocycles. The zero-order valence-corrected chi connectivity index (χ0v) is 15.8. The van der Waals surface area contributed by atoms with Gasteiger partial charge in [0.15, 0.2) is 11.4 Å². The first-order valence-electron chi connectivity index (χ1n) is 8.84. The number of hydrogen-bond acceptors (Lipinski definition) is 7. The van der Waals surface area contributed by atoms with Gasteiger partial charge in [-0.25, -0.2) is 4.79 Å². The average molecular weight is 386 g/mol. The van der Waals surface area contributed by atoms with Crippen LogP contribution in [0.15, 0.2) is 47.8 Å². The maximum Gasteiger partial charge on any atom is 0.342 e. The van der Waals surface area contributed by atoms with Crippen LogP contribution in [-0.4, -0.2) is 45.4 Å². The highest BCUT2D eigenvalue weighted by Crippen LogP contribution is 2.38. The van der Waals surface area contributed by atoms with Crippen molar-refractivity contribution in [3.05, 3.63) is 58.9 Å². The second-order valence-electron chi connectivity index (χ2n) is 7.10. The highest BCUT2D eigenvalue weighted by Gasteiger charge is 2.51. The fourth-order valence-electron chi connectivity index (χ4n) is 3.48. The third-order valence-corrected chi connectivity index (χ3v) is 4.95. The molecule has 0 unspecified atom stereocenters. The Morgan fingerprint density at radius 2 is 2.04 bits per heavy atom. The zero-order chi connectivity index (χ0) is 20.6. The van der Waals surface area contributed by atoms with Crippen LogP contribution < -0.4 is 0 Å². The Labute approximate surface area is 162 Å². The number of ketones is 1. The number of esters is 1. The zero-order valence-electron chi connectivity index (χ0n) is 15.8. The number of benzene rings is 1. The number of ether oxygens (including phenoxy) is 2. The van der Waals surface area contributed by atoms with Crippen molar-refractivity contribution in [2.75, 3.05) is 6.61 Å². The number of phenolic OH excluding ortho intramolecular Hbond substituents is 2. The number of aryl methyl sites for hydroxylation is 1. The van der Waals surface area contributed by atoms with Gasteiger partial charge in [-0.1, -0.05) is 6.08 Å². The van der Waals surface area contributed by atoms with E-state index < -0.39 is 35.1 Å². The summed E-state index contributed by atoms with van der Waals surface area (Å²) < 4.78 is 11.1. The molecule has 1 aliphatic carbocycles. The molecule has 0 aromatic heterocycles. The predicted octanol–water partition coefficient (Wildman–Crippen LogP) is 2.30. The van der Waals surface area contributed by atoms with Crippen molar-refractivity contribution in [3.63, 3.8) is 0 Å². The standard InChI is InChI=1S/C21H22O7/c1-4-5-14-7-12-8-17(24)21(3,26)19(15(12)10-27-14)28-20(25)18-11(2)6-13(22)9-16(18)23/h4-9,15,19,22-23,26H,10H2,1-3H3/b5-4+/t15-,19-,21+/m1/s1. The van der Waals surface area contributed by atoms with Crippen LogP contribution >= 0.6 is 0 Å². The molecule has 3 atom stereocenters. The lowest BCUT2D eigenvalue weighted by Crippen LogP contribution is -2.56. The number of hydrogen-bond donors (Lipinski definition) is 3. The molecule has 0 spiro atoms. The third-order valence-electron chi connectivity index (χ3n) is 4.95. The number of aromatic hydroxyl groups is 2. The van der Waals surface area contributed by atoms with Crippen LogP contribution in [0.3, 0.4) is 0 Å². The van der Waals surface area contributed by atoms with Gasteiger partial charge in [0.05, 0.1) is 12.5 Å².